The zero-order valence-corrected chi connectivity index (χ0v) is 21.7. The maximum absolute atomic E-state index is 13.4. The van der Waals surface area contributed by atoms with Crippen LogP contribution in [0.25, 0.3) is 6.08 Å². The average molecular weight is 477 g/mol. The fourth-order valence-corrected chi connectivity index (χ4v) is 8.44. The van der Waals surface area contributed by atoms with Gasteiger partial charge in [0, 0.05) is 19.3 Å². The van der Waals surface area contributed by atoms with E-state index in [0.717, 1.165) is 49.8 Å². The molecule has 0 radical (unpaired) electrons. The van der Waals surface area contributed by atoms with E-state index in [0.29, 0.717) is 23.5 Å². The third-order valence-corrected chi connectivity index (χ3v) is 10.3. The summed E-state index contributed by atoms with van der Waals surface area (Å²) in [4.78, 5) is 24.9. The summed E-state index contributed by atoms with van der Waals surface area (Å²) in [6, 6.07) is 7.86. The largest absolute Gasteiger partial charge is 0.497 e. The molecular formula is C31H40O4. The summed E-state index contributed by atoms with van der Waals surface area (Å²) in [6.45, 7) is 6.40. The summed E-state index contributed by atoms with van der Waals surface area (Å²) in [6.07, 6.45) is 14.9. The van der Waals surface area contributed by atoms with Crippen LogP contribution in [0.3, 0.4) is 0 Å². The second kappa shape index (κ2) is 9.26. The molecule has 0 N–H and O–H groups in total. The number of rotatable bonds is 5. The van der Waals surface area contributed by atoms with Gasteiger partial charge < -0.3 is 9.47 Å². The summed E-state index contributed by atoms with van der Waals surface area (Å²) >= 11 is 0. The van der Waals surface area contributed by atoms with Gasteiger partial charge in [0.15, 0.2) is 5.78 Å². The molecule has 7 atom stereocenters. The van der Waals surface area contributed by atoms with Crippen LogP contribution in [-0.2, 0) is 14.3 Å². The number of hydrogen-bond donors (Lipinski definition) is 0. The highest BCUT2D eigenvalue weighted by atomic mass is 16.5. The predicted molar refractivity (Wildman–Crippen MR) is 138 cm³/mol. The Morgan fingerprint density at radius 2 is 1.77 bits per heavy atom. The van der Waals surface area contributed by atoms with Crippen LogP contribution in [0.5, 0.6) is 5.75 Å². The molecule has 35 heavy (non-hydrogen) atoms. The standard InChI is InChI=1S/C31H40O4/c1-20(32)35-24-15-17-30(2)22(19-24)8-11-25-26-12-13-28(31(26,3)18-16-27(25)30)29(33)14-7-21-5-9-23(34-4)10-6-21/h5-10,14,24-28H,11-13,15-19H2,1-4H3/b14-7+/t24-,25-,26-,27-,28?,30-,31-/m0/s1. The third kappa shape index (κ3) is 4.27. The van der Waals surface area contributed by atoms with Gasteiger partial charge in [-0.15, -0.1) is 0 Å². The van der Waals surface area contributed by atoms with Crippen LogP contribution in [-0.4, -0.2) is 25.0 Å². The van der Waals surface area contributed by atoms with Crippen molar-refractivity contribution in [3.05, 3.63) is 47.6 Å². The Morgan fingerprint density at radius 1 is 1.00 bits per heavy atom. The van der Waals surface area contributed by atoms with E-state index < -0.39 is 0 Å². The Bertz CT molecular complexity index is 1040. The van der Waals surface area contributed by atoms with Gasteiger partial charge in [0.25, 0.3) is 0 Å². The second-order valence-corrected chi connectivity index (χ2v) is 11.9. The summed E-state index contributed by atoms with van der Waals surface area (Å²) in [5.74, 6) is 3.05. The van der Waals surface area contributed by atoms with Gasteiger partial charge >= 0.3 is 5.97 Å². The lowest BCUT2D eigenvalue weighted by atomic mass is 9.47. The zero-order chi connectivity index (χ0) is 24.8. The van der Waals surface area contributed by atoms with Crippen LogP contribution < -0.4 is 4.74 Å². The van der Waals surface area contributed by atoms with E-state index >= 15 is 0 Å². The average Bonchev–Trinajstić information content (AvgIpc) is 3.20. The second-order valence-electron chi connectivity index (χ2n) is 11.9. The van der Waals surface area contributed by atoms with E-state index in [1.807, 2.05) is 36.4 Å². The molecule has 0 heterocycles. The Kier molecular flexibility index (Phi) is 6.44. The van der Waals surface area contributed by atoms with E-state index in [1.54, 1.807) is 7.11 Å². The van der Waals surface area contributed by atoms with Crippen molar-refractivity contribution in [2.24, 2.45) is 34.5 Å². The quantitative estimate of drug-likeness (QED) is 0.267. The van der Waals surface area contributed by atoms with Crippen molar-refractivity contribution in [3.63, 3.8) is 0 Å². The number of carbonyl (C=O) groups is 2. The molecule has 0 bridgehead atoms. The van der Waals surface area contributed by atoms with E-state index in [1.165, 1.54) is 25.3 Å². The number of hydrogen-bond acceptors (Lipinski definition) is 4. The number of ketones is 1. The lowest BCUT2D eigenvalue weighted by Crippen LogP contribution is -2.51. The van der Waals surface area contributed by atoms with Crippen LogP contribution >= 0.6 is 0 Å². The SMILES string of the molecule is COc1ccc(/C=C/C(=O)C2CC[C@H]3[C@@H]4CC=C5C[C@@H](OC(C)=O)CC[C@]5(C)[C@H]4CC[C@]23C)cc1. The fourth-order valence-electron chi connectivity index (χ4n) is 8.44. The van der Waals surface area contributed by atoms with E-state index in [9.17, 15) is 9.59 Å². The molecule has 188 valence electrons. The first kappa shape index (κ1) is 24.3. The van der Waals surface area contributed by atoms with Gasteiger partial charge in [-0.3, -0.25) is 9.59 Å². The van der Waals surface area contributed by atoms with Crippen LogP contribution in [0.4, 0.5) is 0 Å². The number of benzene rings is 1. The normalized spacial score (nSPS) is 38.2. The van der Waals surface area contributed by atoms with Crippen molar-refractivity contribution >= 4 is 17.8 Å². The van der Waals surface area contributed by atoms with Crippen molar-refractivity contribution in [3.8, 4) is 5.75 Å². The Labute approximate surface area is 210 Å². The van der Waals surface area contributed by atoms with Gasteiger partial charge in [-0.05, 0) is 97.3 Å². The smallest absolute Gasteiger partial charge is 0.302 e. The molecule has 0 aromatic heterocycles. The van der Waals surface area contributed by atoms with E-state index in [-0.39, 0.29) is 28.8 Å². The summed E-state index contributed by atoms with van der Waals surface area (Å²) in [5, 5.41) is 0. The van der Waals surface area contributed by atoms with E-state index in [4.69, 9.17) is 9.47 Å². The van der Waals surface area contributed by atoms with Crippen molar-refractivity contribution < 1.29 is 19.1 Å². The van der Waals surface area contributed by atoms with Gasteiger partial charge in [0.05, 0.1) is 7.11 Å². The molecular weight excluding hydrogens is 436 g/mol. The first-order chi connectivity index (χ1) is 16.7. The van der Waals surface area contributed by atoms with Crippen LogP contribution in [0.1, 0.15) is 77.7 Å². The molecule has 1 aromatic rings. The molecule has 4 heteroatoms. The molecule has 1 unspecified atom stereocenters. The van der Waals surface area contributed by atoms with Crippen molar-refractivity contribution in [2.45, 2.75) is 78.2 Å². The Hall–Kier alpha value is -2.36. The molecule has 5 rings (SSSR count). The highest BCUT2D eigenvalue weighted by Crippen LogP contribution is 2.66. The lowest BCUT2D eigenvalue weighted by molar-refractivity contribution is -0.149. The molecule has 3 fully saturated rings. The van der Waals surface area contributed by atoms with Crippen LogP contribution in [0.15, 0.2) is 42.0 Å². The maximum atomic E-state index is 13.4. The number of methoxy groups -OCH3 is 1. The van der Waals surface area contributed by atoms with Gasteiger partial charge in [-0.1, -0.05) is 43.7 Å². The molecule has 0 spiro atoms. The first-order valence-electron chi connectivity index (χ1n) is 13.5. The predicted octanol–water partition coefficient (Wildman–Crippen LogP) is 6.79. The molecule has 0 saturated heterocycles. The van der Waals surface area contributed by atoms with Gasteiger partial charge in [-0.25, -0.2) is 0 Å². The maximum Gasteiger partial charge on any atom is 0.302 e. The molecule has 1 aromatic carbocycles. The number of ether oxygens (including phenoxy) is 2. The first-order valence-corrected chi connectivity index (χ1v) is 13.5. The number of carbonyl (C=O) groups excluding carboxylic acids is 2. The number of allylic oxidation sites excluding steroid dienone is 2. The minimum absolute atomic E-state index is 0.0446. The Morgan fingerprint density at radius 3 is 2.49 bits per heavy atom. The number of esters is 1. The molecule has 4 nitrogen and oxygen atoms in total. The minimum Gasteiger partial charge on any atom is -0.497 e. The van der Waals surface area contributed by atoms with Gasteiger partial charge in [0.1, 0.15) is 11.9 Å². The fraction of sp³-hybridized carbons (Fsp3) is 0.613. The van der Waals surface area contributed by atoms with Crippen LogP contribution in [0.2, 0.25) is 0 Å². The molecule has 4 aliphatic rings. The topological polar surface area (TPSA) is 52.6 Å². The molecule has 3 saturated carbocycles. The molecule has 0 aliphatic heterocycles. The zero-order valence-electron chi connectivity index (χ0n) is 21.7. The van der Waals surface area contributed by atoms with Crippen molar-refractivity contribution in [1.82, 2.24) is 0 Å². The summed E-state index contributed by atoms with van der Waals surface area (Å²) < 4.78 is 10.8. The number of fused-ring (bicyclic) bond motifs is 5. The summed E-state index contributed by atoms with van der Waals surface area (Å²) in [5.41, 5.74) is 2.87. The monoisotopic (exact) mass is 476 g/mol. The van der Waals surface area contributed by atoms with Gasteiger partial charge in [-0.2, -0.15) is 0 Å². The molecule has 4 aliphatic carbocycles. The van der Waals surface area contributed by atoms with Crippen molar-refractivity contribution in [2.75, 3.05) is 7.11 Å². The van der Waals surface area contributed by atoms with Crippen molar-refractivity contribution in [1.29, 1.82) is 0 Å². The lowest BCUT2D eigenvalue weighted by Gasteiger charge is -2.58. The van der Waals surface area contributed by atoms with Gasteiger partial charge in [0.2, 0.25) is 0 Å². The Balaban J connectivity index is 1.31. The van der Waals surface area contributed by atoms with Crippen LogP contribution in [0, 0.1) is 34.5 Å². The molecule has 0 amide bonds. The highest BCUT2D eigenvalue weighted by Gasteiger charge is 2.59. The summed E-state index contributed by atoms with van der Waals surface area (Å²) in [7, 11) is 1.66. The third-order valence-electron chi connectivity index (χ3n) is 10.3. The van der Waals surface area contributed by atoms with E-state index in [2.05, 4.69) is 19.9 Å². The minimum atomic E-state index is -0.163. The highest BCUT2D eigenvalue weighted by molar-refractivity contribution is 5.96.